The normalized spacial score (nSPS) is 18.8. The van der Waals surface area contributed by atoms with Gasteiger partial charge in [-0.2, -0.15) is 0 Å². The Bertz CT molecular complexity index is 532. The summed E-state index contributed by atoms with van der Waals surface area (Å²) in [4.78, 5) is 36.5. The highest BCUT2D eigenvalue weighted by atomic mass is 16.2. The maximum absolute atomic E-state index is 12.2. The van der Waals surface area contributed by atoms with Crippen LogP contribution in [0.3, 0.4) is 0 Å². The van der Waals surface area contributed by atoms with Crippen LogP contribution in [-0.2, 0) is 9.59 Å². The van der Waals surface area contributed by atoms with Crippen molar-refractivity contribution in [1.82, 2.24) is 5.32 Å². The van der Waals surface area contributed by atoms with E-state index in [4.69, 9.17) is 0 Å². The number of benzene rings is 1. The van der Waals surface area contributed by atoms with Crippen molar-refractivity contribution in [2.24, 2.45) is 5.41 Å². The summed E-state index contributed by atoms with van der Waals surface area (Å²) in [6, 6.07) is 6.27. The molecular weight excluding hydrogens is 232 g/mol. The van der Waals surface area contributed by atoms with E-state index in [2.05, 4.69) is 5.32 Å². The lowest BCUT2D eigenvalue weighted by Gasteiger charge is -2.34. The molecule has 94 valence electrons. The number of carbonyl (C=O) groups is 3. The van der Waals surface area contributed by atoms with Crippen molar-refractivity contribution in [3.05, 3.63) is 29.8 Å². The number of rotatable bonds is 1. The largest absolute Gasteiger partial charge is 0.335 e. The van der Waals surface area contributed by atoms with E-state index in [0.29, 0.717) is 5.69 Å². The summed E-state index contributed by atoms with van der Waals surface area (Å²) in [6.45, 7) is 4.91. The van der Waals surface area contributed by atoms with Gasteiger partial charge in [0.05, 0.1) is 5.69 Å². The van der Waals surface area contributed by atoms with Gasteiger partial charge >= 0.3 is 6.03 Å². The number of hydrogen-bond acceptors (Lipinski definition) is 3. The van der Waals surface area contributed by atoms with Gasteiger partial charge in [-0.15, -0.1) is 0 Å². The van der Waals surface area contributed by atoms with Gasteiger partial charge in [-0.3, -0.25) is 14.9 Å². The minimum absolute atomic E-state index is 0.462. The van der Waals surface area contributed by atoms with Crippen molar-refractivity contribution >= 4 is 23.5 Å². The van der Waals surface area contributed by atoms with Crippen LogP contribution in [0.4, 0.5) is 10.5 Å². The number of urea groups is 1. The zero-order chi connectivity index (χ0) is 13.5. The van der Waals surface area contributed by atoms with E-state index in [1.54, 1.807) is 24.3 Å². The molecule has 2 rings (SSSR count). The SMILES string of the molecule is Cc1ccc(N2C(=O)NC(=O)C(C)(C)C2=O)cc1. The van der Waals surface area contributed by atoms with Crippen LogP contribution in [0.5, 0.6) is 0 Å². The first-order chi connectivity index (χ1) is 8.34. The summed E-state index contributed by atoms with van der Waals surface area (Å²) in [5.74, 6) is -1.08. The third-order valence-electron chi connectivity index (χ3n) is 3.02. The quantitative estimate of drug-likeness (QED) is 0.765. The maximum atomic E-state index is 12.2. The van der Waals surface area contributed by atoms with Gasteiger partial charge in [0.15, 0.2) is 0 Å². The van der Waals surface area contributed by atoms with Crippen molar-refractivity contribution in [1.29, 1.82) is 0 Å². The van der Waals surface area contributed by atoms with Crippen molar-refractivity contribution in [2.45, 2.75) is 20.8 Å². The van der Waals surface area contributed by atoms with Crippen LogP contribution in [0.15, 0.2) is 24.3 Å². The molecule has 0 unspecified atom stereocenters. The molecule has 0 bridgehead atoms. The number of imide groups is 2. The molecule has 1 saturated heterocycles. The summed E-state index contributed by atoms with van der Waals surface area (Å²) >= 11 is 0. The molecule has 0 spiro atoms. The molecule has 18 heavy (non-hydrogen) atoms. The fourth-order valence-corrected chi connectivity index (χ4v) is 1.71. The molecule has 0 aromatic heterocycles. The monoisotopic (exact) mass is 246 g/mol. The lowest BCUT2D eigenvalue weighted by Crippen LogP contribution is -2.62. The van der Waals surface area contributed by atoms with Crippen LogP contribution in [0.25, 0.3) is 0 Å². The second-order valence-corrected chi connectivity index (χ2v) is 4.86. The van der Waals surface area contributed by atoms with Gasteiger partial charge in [0.2, 0.25) is 11.8 Å². The minimum Gasteiger partial charge on any atom is -0.276 e. The predicted octanol–water partition coefficient (Wildman–Crippen LogP) is 1.60. The standard InChI is InChI=1S/C13H14N2O3/c1-8-4-6-9(7-5-8)15-11(17)13(2,3)10(16)14-12(15)18/h4-7H,1-3H3,(H,14,16,18). The highest BCUT2D eigenvalue weighted by Crippen LogP contribution is 2.27. The fraction of sp³-hybridized carbons (Fsp3) is 0.308. The van der Waals surface area contributed by atoms with Gasteiger partial charge in [0.25, 0.3) is 0 Å². The second kappa shape index (κ2) is 3.94. The number of hydrogen-bond donors (Lipinski definition) is 1. The van der Waals surface area contributed by atoms with Gasteiger partial charge in [0.1, 0.15) is 5.41 Å². The van der Waals surface area contributed by atoms with Crippen LogP contribution < -0.4 is 10.2 Å². The number of anilines is 1. The van der Waals surface area contributed by atoms with Gasteiger partial charge in [-0.05, 0) is 32.9 Å². The van der Waals surface area contributed by atoms with E-state index >= 15 is 0 Å². The molecule has 0 radical (unpaired) electrons. The number of nitrogens with one attached hydrogen (secondary N) is 1. The molecule has 1 fully saturated rings. The zero-order valence-corrected chi connectivity index (χ0v) is 10.5. The van der Waals surface area contributed by atoms with Crippen LogP contribution >= 0.6 is 0 Å². The van der Waals surface area contributed by atoms with E-state index in [9.17, 15) is 14.4 Å². The highest BCUT2D eigenvalue weighted by molar-refractivity contribution is 6.29. The van der Waals surface area contributed by atoms with E-state index in [1.165, 1.54) is 13.8 Å². The van der Waals surface area contributed by atoms with Crippen LogP contribution in [0.2, 0.25) is 0 Å². The molecule has 5 heteroatoms. The lowest BCUT2D eigenvalue weighted by atomic mass is 9.88. The first-order valence-corrected chi connectivity index (χ1v) is 5.60. The number of nitrogens with zero attached hydrogens (tertiary/aromatic N) is 1. The van der Waals surface area contributed by atoms with Crippen molar-refractivity contribution in [3.8, 4) is 0 Å². The van der Waals surface area contributed by atoms with Crippen molar-refractivity contribution in [2.75, 3.05) is 4.90 Å². The highest BCUT2D eigenvalue weighted by Gasteiger charge is 2.47. The first-order valence-electron chi connectivity index (χ1n) is 5.60. The van der Waals surface area contributed by atoms with Gasteiger partial charge in [-0.25, -0.2) is 9.69 Å². The van der Waals surface area contributed by atoms with Crippen molar-refractivity contribution in [3.63, 3.8) is 0 Å². The van der Waals surface area contributed by atoms with Crippen LogP contribution in [0, 0.1) is 12.3 Å². The van der Waals surface area contributed by atoms with E-state index in [-0.39, 0.29) is 0 Å². The zero-order valence-electron chi connectivity index (χ0n) is 10.5. The molecular formula is C13H14N2O3. The Morgan fingerprint density at radius 2 is 1.61 bits per heavy atom. The molecule has 1 N–H and O–H groups in total. The van der Waals surface area contributed by atoms with Gasteiger partial charge in [0, 0.05) is 0 Å². The number of amides is 4. The Morgan fingerprint density at radius 3 is 2.17 bits per heavy atom. The second-order valence-electron chi connectivity index (χ2n) is 4.86. The third-order valence-corrected chi connectivity index (χ3v) is 3.02. The molecule has 4 amide bonds. The third kappa shape index (κ3) is 1.77. The number of aryl methyl sites for hydroxylation is 1. The van der Waals surface area contributed by atoms with Crippen LogP contribution in [0.1, 0.15) is 19.4 Å². The smallest absolute Gasteiger partial charge is 0.276 e. The molecule has 1 aliphatic rings. The molecule has 1 aromatic rings. The van der Waals surface area contributed by atoms with Crippen LogP contribution in [-0.4, -0.2) is 17.8 Å². The van der Waals surface area contributed by atoms with E-state index < -0.39 is 23.3 Å². The van der Waals surface area contributed by atoms with Crippen molar-refractivity contribution < 1.29 is 14.4 Å². The minimum atomic E-state index is -1.24. The molecule has 1 aliphatic heterocycles. The average molecular weight is 246 g/mol. The fourth-order valence-electron chi connectivity index (χ4n) is 1.71. The molecule has 1 heterocycles. The number of barbiturate groups is 1. The first kappa shape index (κ1) is 12.3. The van der Waals surface area contributed by atoms with Gasteiger partial charge < -0.3 is 0 Å². The summed E-state index contributed by atoms with van der Waals surface area (Å²) in [5, 5.41) is 2.19. The van der Waals surface area contributed by atoms with E-state index in [0.717, 1.165) is 10.5 Å². The number of carbonyl (C=O) groups excluding carboxylic acids is 3. The maximum Gasteiger partial charge on any atom is 0.335 e. The summed E-state index contributed by atoms with van der Waals surface area (Å²) in [6.07, 6.45) is 0. The Balaban J connectivity index is 2.43. The summed E-state index contributed by atoms with van der Waals surface area (Å²) in [5.41, 5.74) is 0.251. The Kier molecular flexibility index (Phi) is 2.69. The summed E-state index contributed by atoms with van der Waals surface area (Å²) in [7, 11) is 0. The molecule has 0 atom stereocenters. The van der Waals surface area contributed by atoms with Gasteiger partial charge in [-0.1, -0.05) is 17.7 Å². The van der Waals surface area contributed by atoms with E-state index in [1.807, 2.05) is 6.92 Å². The Morgan fingerprint density at radius 1 is 1.06 bits per heavy atom. The predicted molar refractivity (Wildman–Crippen MR) is 66.0 cm³/mol. The Hall–Kier alpha value is -2.17. The Labute approximate surface area is 105 Å². The topological polar surface area (TPSA) is 66.5 Å². The summed E-state index contributed by atoms with van der Waals surface area (Å²) < 4.78 is 0. The lowest BCUT2D eigenvalue weighted by molar-refractivity contribution is -0.140. The molecule has 1 aromatic carbocycles. The molecule has 0 aliphatic carbocycles. The molecule has 5 nitrogen and oxygen atoms in total. The molecule has 0 saturated carbocycles. The average Bonchev–Trinajstić information content (AvgIpc) is 2.30.